The van der Waals surface area contributed by atoms with Gasteiger partial charge in [-0.05, 0) is 38.5 Å². The average Bonchev–Trinajstić information content (AvgIpc) is 2.30. The Kier molecular flexibility index (Phi) is 5.11. The van der Waals surface area contributed by atoms with Crippen molar-refractivity contribution in [2.24, 2.45) is 0 Å². The molecule has 0 saturated carbocycles. The Balaban J connectivity index is 3.02. The summed E-state index contributed by atoms with van der Waals surface area (Å²) in [5.74, 6) is -0.361. The number of hydrogen-bond donors (Lipinski definition) is 1. The highest BCUT2D eigenvalue weighted by atomic mass is 19.1. The predicted octanol–water partition coefficient (Wildman–Crippen LogP) is 3.01. The van der Waals surface area contributed by atoms with Gasteiger partial charge in [-0.1, -0.05) is 6.07 Å². The van der Waals surface area contributed by atoms with E-state index in [0.29, 0.717) is 24.2 Å². The van der Waals surface area contributed by atoms with Crippen LogP contribution in [0.1, 0.15) is 38.9 Å². The van der Waals surface area contributed by atoms with Gasteiger partial charge in [-0.25, -0.2) is 4.39 Å². The lowest BCUT2D eigenvalue weighted by Gasteiger charge is -2.28. The van der Waals surface area contributed by atoms with E-state index < -0.39 is 6.10 Å². The van der Waals surface area contributed by atoms with Crippen LogP contribution in [0, 0.1) is 17.1 Å². The molecule has 1 aromatic carbocycles. The van der Waals surface area contributed by atoms with E-state index in [-0.39, 0.29) is 11.9 Å². The Morgan fingerprint density at radius 3 is 2.50 bits per heavy atom. The summed E-state index contributed by atoms with van der Waals surface area (Å²) >= 11 is 0. The van der Waals surface area contributed by atoms with Crippen molar-refractivity contribution < 1.29 is 9.50 Å². The second kappa shape index (κ2) is 6.36. The summed E-state index contributed by atoms with van der Waals surface area (Å²) in [6, 6.07) is 6.91. The minimum atomic E-state index is -0.680. The number of halogens is 1. The molecule has 0 spiro atoms. The molecule has 0 unspecified atom stereocenters. The predicted molar refractivity (Wildman–Crippen MR) is 69.7 cm³/mol. The topological polar surface area (TPSA) is 47.3 Å². The SMILES string of the molecule is CC(C)N(CCC#N)c1ccc([C@@H](C)O)cc1F. The highest BCUT2D eigenvalue weighted by molar-refractivity contribution is 5.50. The molecule has 0 radical (unpaired) electrons. The molecule has 0 amide bonds. The minimum Gasteiger partial charge on any atom is -0.389 e. The van der Waals surface area contributed by atoms with E-state index >= 15 is 0 Å². The first-order valence-corrected chi connectivity index (χ1v) is 6.08. The Labute approximate surface area is 107 Å². The standard InChI is InChI=1S/C14H19FN2O/c1-10(2)17(8-4-7-16)14-6-5-12(11(3)18)9-13(14)15/h5-6,9-11,18H,4,8H2,1-3H3/t11-/m1/s1. The van der Waals surface area contributed by atoms with Crippen LogP contribution in [-0.4, -0.2) is 17.7 Å². The number of hydrogen-bond acceptors (Lipinski definition) is 3. The fourth-order valence-electron chi connectivity index (χ4n) is 1.84. The molecule has 4 heteroatoms. The van der Waals surface area contributed by atoms with E-state index in [1.807, 2.05) is 18.7 Å². The van der Waals surface area contributed by atoms with Crippen LogP contribution in [0.3, 0.4) is 0 Å². The van der Waals surface area contributed by atoms with Crippen molar-refractivity contribution in [2.75, 3.05) is 11.4 Å². The maximum absolute atomic E-state index is 14.0. The minimum absolute atomic E-state index is 0.116. The fourth-order valence-corrected chi connectivity index (χ4v) is 1.84. The molecular weight excluding hydrogens is 231 g/mol. The number of benzene rings is 1. The molecular formula is C14H19FN2O. The lowest BCUT2D eigenvalue weighted by molar-refractivity contribution is 0.199. The van der Waals surface area contributed by atoms with E-state index in [1.165, 1.54) is 6.07 Å². The average molecular weight is 250 g/mol. The fraction of sp³-hybridized carbons (Fsp3) is 0.500. The molecule has 0 fully saturated rings. The number of anilines is 1. The van der Waals surface area contributed by atoms with Crippen molar-refractivity contribution in [3.05, 3.63) is 29.6 Å². The van der Waals surface area contributed by atoms with Gasteiger partial charge in [-0.15, -0.1) is 0 Å². The van der Waals surface area contributed by atoms with Gasteiger partial charge in [0.1, 0.15) is 5.82 Å². The quantitative estimate of drug-likeness (QED) is 0.873. The van der Waals surface area contributed by atoms with E-state index in [0.717, 1.165) is 0 Å². The number of aliphatic hydroxyl groups is 1. The van der Waals surface area contributed by atoms with Crippen LogP contribution in [0.25, 0.3) is 0 Å². The highest BCUT2D eigenvalue weighted by Gasteiger charge is 2.15. The molecule has 0 bridgehead atoms. The second-order valence-corrected chi connectivity index (χ2v) is 4.58. The zero-order valence-corrected chi connectivity index (χ0v) is 11.0. The van der Waals surface area contributed by atoms with E-state index in [1.54, 1.807) is 19.1 Å². The zero-order valence-electron chi connectivity index (χ0n) is 11.0. The summed E-state index contributed by atoms with van der Waals surface area (Å²) in [6.45, 7) is 6.02. The van der Waals surface area contributed by atoms with Crippen LogP contribution >= 0.6 is 0 Å². The van der Waals surface area contributed by atoms with E-state index in [2.05, 4.69) is 6.07 Å². The molecule has 3 nitrogen and oxygen atoms in total. The molecule has 98 valence electrons. The summed E-state index contributed by atoms with van der Waals surface area (Å²) < 4.78 is 14.0. The highest BCUT2D eigenvalue weighted by Crippen LogP contribution is 2.25. The summed E-state index contributed by atoms with van der Waals surface area (Å²) in [5.41, 5.74) is 1.03. The van der Waals surface area contributed by atoms with E-state index in [4.69, 9.17) is 5.26 Å². The van der Waals surface area contributed by atoms with Crippen LogP contribution in [-0.2, 0) is 0 Å². The molecule has 1 atom stereocenters. The van der Waals surface area contributed by atoms with Crippen molar-refractivity contribution in [1.29, 1.82) is 5.26 Å². The monoisotopic (exact) mass is 250 g/mol. The molecule has 18 heavy (non-hydrogen) atoms. The maximum Gasteiger partial charge on any atom is 0.146 e. The molecule has 1 rings (SSSR count). The Bertz CT molecular complexity index is 438. The Hall–Kier alpha value is -1.60. The molecule has 0 aliphatic heterocycles. The first-order valence-electron chi connectivity index (χ1n) is 6.08. The summed E-state index contributed by atoms with van der Waals surface area (Å²) in [5, 5.41) is 18.0. The van der Waals surface area contributed by atoms with Crippen molar-refractivity contribution in [2.45, 2.75) is 39.3 Å². The molecule has 0 saturated heterocycles. The smallest absolute Gasteiger partial charge is 0.146 e. The third-order valence-corrected chi connectivity index (χ3v) is 2.85. The van der Waals surface area contributed by atoms with Crippen molar-refractivity contribution >= 4 is 5.69 Å². The summed E-state index contributed by atoms with van der Waals surface area (Å²) in [4.78, 5) is 1.85. The Morgan fingerprint density at radius 2 is 2.06 bits per heavy atom. The lowest BCUT2D eigenvalue weighted by Crippen LogP contribution is -2.32. The van der Waals surface area contributed by atoms with Gasteiger partial charge in [0.2, 0.25) is 0 Å². The Morgan fingerprint density at radius 1 is 1.39 bits per heavy atom. The van der Waals surface area contributed by atoms with E-state index in [9.17, 15) is 9.50 Å². The van der Waals surface area contributed by atoms with Gasteiger partial charge in [0.25, 0.3) is 0 Å². The van der Waals surface area contributed by atoms with Gasteiger partial charge in [0, 0.05) is 12.6 Å². The first-order chi connectivity index (χ1) is 8.47. The maximum atomic E-state index is 14.0. The second-order valence-electron chi connectivity index (χ2n) is 4.58. The third kappa shape index (κ3) is 3.44. The number of nitriles is 1. The van der Waals surface area contributed by atoms with Gasteiger partial charge < -0.3 is 10.0 Å². The number of nitrogens with zero attached hydrogens (tertiary/aromatic N) is 2. The van der Waals surface area contributed by atoms with Crippen LogP contribution in [0.5, 0.6) is 0 Å². The van der Waals surface area contributed by atoms with Gasteiger partial charge in [0.15, 0.2) is 0 Å². The van der Waals surface area contributed by atoms with Crippen LogP contribution in [0.2, 0.25) is 0 Å². The number of rotatable bonds is 5. The van der Waals surface area contributed by atoms with Crippen LogP contribution < -0.4 is 4.90 Å². The summed E-state index contributed by atoms with van der Waals surface area (Å²) in [6.07, 6.45) is -0.323. The van der Waals surface area contributed by atoms with Crippen LogP contribution in [0.4, 0.5) is 10.1 Å². The molecule has 1 N–H and O–H groups in total. The van der Waals surface area contributed by atoms with Gasteiger partial charge in [0.05, 0.1) is 24.3 Å². The van der Waals surface area contributed by atoms with Crippen molar-refractivity contribution in [1.82, 2.24) is 0 Å². The largest absolute Gasteiger partial charge is 0.389 e. The molecule has 0 aliphatic rings. The normalized spacial score (nSPS) is 12.3. The van der Waals surface area contributed by atoms with Gasteiger partial charge in [-0.2, -0.15) is 5.26 Å². The number of aliphatic hydroxyl groups excluding tert-OH is 1. The van der Waals surface area contributed by atoms with Crippen LogP contribution in [0.15, 0.2) is 18.2 Å². The van der Waals surface area contributed by atoms with Crippen molar-refractivity contribution in [3.63, 3.8) is 0 Å². The van der Waals surface area contributed by atoms with Crippen molar-refractivity contribution in [3.8, 4) is 6.07 Å². The van der Waals surface area contributed by atoms with Gasteiger partial charge in [-0.3, -0.25) is 0 Å². The molecule has 1 aromatic rings. The zero-order chi connectivity index (χ0) is 13.7. The van der Waals surface area contributed by atoms with Gasteiger partial charge >= 0.3 is 0 Å². The molecule has 0 heterocycles. The summed E-state index contributed by atoms with van der Waals surface area (Å²) in [7, 11) is 0. The third-order valence-electron chi connectivity index (χ3n) is 2.85. The first kappa shape index (κ1) is 14.5. The molecule has 0 aromatic heterocycles. The molecule has 0 aliphatic carbocycles. The lowest BCUT2D eigenvalue weighted by atomic mass is 10.1.